The van der Waals surface area contributed by atoms with Gasteiger partial charge in [0.2, 0.25) is 5.91 Å². The van der Waals surface area contributed by atoms with Crippen molar-refractivity contribution in [3.8, 4) is 0 Å². The van der Waals surface area contributed by atoms with E-state index in [-0.39, 0.29) is 6.61 Å². The Hall–Kier alpha value is -1.14. The van der Waals surface area contributed by atoms with Crippen molar-refractivity contribution in [1.82, 2.24) is 5.32 Å². The number of nitrogens with one attached hydrogen (secondary N) is 1. The first kappa shape index (κ1) is 13.9. The topological polar surface area (TPSA) is 90.7 Å². The Balaban J connectivity index is 2.03. The van der Waals surface area contributed by atoms with E-state index in [1.165, 1.54) is 12.8 Å². The highest BCUT2D eigenvalue weighted by atomic mass is 16.5. The molecule has 1 atom stereocenters. The largest absolute Gasteiger partial charge is 0.464 e. The number of ether oxygens (including phenoxy) is 2. The molecule has 0 heterocycles. The van der Waals surface area contributed by atoms with Crippen LogP contribution in [-0.2, 0) is 19.1 Å². The second-order valence-electron chi connectivity index (χ2n) is 4.04. The van der Waals surface area contributed by atoms with Crippen molar-refractivity contribution < 1.29 is 19.1 Å². The summed E-state index contributed by atoms with van der Waals surface area (Å²) in [5, 5.41) is 2.53. The molecule has 1 unspecified atom stereocenters. The fourth-order valence-corrected chi connectivity index (χ4v) is 1.23. The van der Waals surface area contributed by atoms with Crippen LogP contribution >= 0.6 is 0 Å². The summed E-state index contributed by atoms with van der Waals surface area (Å²) in [5.41, 5.74) is 5.39. The van der Waals surface area contributed by atoms with Crippen LogP contribution in [0.15, 0.2) is 0 Å². The molecular weight excluding hydrogens is 224 g/mol. The molecule has 0 spiro atoms. The third kappa shape index (κ3) is 5.65. The maximum absolute atomic E-state index is 11.4. The van der Waals surface area contributed by atoms with Gasteiger partial charge in [0.1, 0.15) is 0 Å². The van der Waals surface area contributed by atoms with Crippen LogP contribution in [0.3, 0.4) is 0 Å². The summed E-state index contributed by atoms with van der Waals surface area (Å²) in [6.45, 7) is 3.43. The lowest BCUT2D eigenvalue weighted by molar-refractivity contribution is -0.148. The third-order valence-electron chi connectivity index (χ3n) is 2.42. The van der Waals surface area contributed by atoms with Crippen molar-refractivity contribution in [3.05, 3.63) is 0 Å². The van der Waals surface area contributed by atoms with Crippen molar-refractivity contribution in [1.29, 1.82) is 0 Å². The molecule has 0 aromatic carbocycles. The predicted octanol–water partition coefficient (Wildman–Crippen LogP) is -0.580. The Morgan fingerprint density at radius 1 is 1.47 bits per heavy atom. The molecule has 0 radical (unpaired) electrons. The molecular formula is C11H20N2O4. The van der Waals surface area contributed by atoms with E-state index in [1.54, 1.807) is 6.92 Å². The van der Waals surface area contributed by atoms with Gasteiger partial charge in [-0.1, -0.05) is 0 Å². The normalized spacial score (nSPS) is 16.4. The minimum Gasteiger partial charge on any atom is -0.464 e. The fourth-order valence-electron chi connectivity index (χ4n) is 1.23. The maximum atomic E-state index is 11.4. The SMILES string of the molecule is CCOC(=O)C(N)C(=O)NCCOCC1CC1. The van der Waals surface area contributed by atoms with Crippen LogP contribution in [0.1, 0.15) is 19.8 Å². The van der Waals surface area contributed by atoms with Crippen molar-refractivity contribution in [3.63, 3.8) is 0 Å². The highest BCUT2D eigenvalue weighted by Crippen LogP contribution is 2.28. The molecule has 1 fully saturated rings. The summed E-state index contributed by atoms with van der Waals surface area (Å²) in [4.78, 5) is 22.5. The number of nitrogens with two attached hydrogens (primary N) is 1. The molecule has 3 N–H and O–H groups in total. The summed E-state index contributed by atoms with van der Waals surface area (Å²) < 4.78 is 9.96. The lowest BCUT2D eigenvalue weighted by Crippen LogP contribution is -2.47. The molecule has 1 saturated carbocycles. The van der Waals surface area contributed by atoms with Crippen LogP contribution < -0.4 is 11.1 Å². The van der Waals surface area contributed by atoms with Crippen molar-refractivity contribution >= 4 is 11.9 Å². The van der Waals surface area contributed by atoms with E-state index in [2.05, 4.69) is 10.1 Å². The number of amides is 1. The summed E-state index contributed by atoms with van der Waals surface area (Å²) in [5.74, 6) is -0.533. The van der Waals surface area contributed by atoms with Crippen LogP contribution in [0.4, 0.5) is 0 Å². The summed E-state index contributed by atoms with van der Waals surface area (Å²) in [6.07, 6.45) is 2.47. The Bertz CT molecular complexity index is 266. The number of hydrogen-bond donors (Lipinski definition) is 2. The fraction of sp³-hybridized carbons (Fsp3) is 0.818. The summed E-state index contributed by atoms with van der Waals surface area (Å²) in [6, 6.07) is -1.25. The van der Waals surface area contributed by atoms with E-state index >= 15 is 0 Å². The highest BCUT2D eigenvalue weighted by Gasteiger charge is 2.23. The standard InChI is InChI=1S/C11H20N2O4/c1-2-17-11(15)9(12)10(14)13-5-6-16-7-8-3-4-8/h8-9H,2-7,12H2,1H3,(H,13,14). The van der Waals surface area contributed by atoms with Crippen molar-refractivity contribution in [2.24, 2.45) is 11.7 Å². The first-order valence-corrected chi connectivity index (χ1v) is 5.92. The predicted molar refractivity (Wildman–Crippen MR) is 61.2 cm³/mol. The van der Waals surface area contributed by atoms with Gasteiger partial charge in [-0.3, -0.25) is 4.79 Å². The van der Waals surface area contributed by atoms with Gasteiger partial charge < -0.3 is 20.5 Å². The Kier molecular flexibility index (Phi) is 5.93. The molecule has 1 aliphatic carbocycles. The van der Waals surface area contributed by atoms with Gasteiger partial charge in [0.05, 0.1) is 13.2 Å². The van der Waals surface area contributed by atoms with Crippen LogP contribution in [0, 0.1) is 5.92 Å². The van der Waals surface area contributed by atoms with E-state index in [0.29, 0.717) is 19.1 Å². The van der Waals surface area contributed by atoms with E-state index in [1.807, 2.05) is 0 Å². The van der Waals surface area contributed by atoms with E-state index in [0.717, 1.165) is 6.61 Å². The average molecular weight is 244 g/mol. The monoisotopic (exact) mass is 244 g/mol. The molecule has 0 saturated heterocycles. The minimum absolute atomic E-state index is 0.213. The smallest absolute Gasteiger partial charge is 0.332 e. The second-order valence-corrected chi connectivity index (χ2v) is 4.04. The van der Waals surface area contributed by atoms with E-state index in [9.17, 15) is 9.59 Å². The summed E-state index contributed by atoms with van der Waals surface area (Å²) >= 11 is 0. The van der Waals surface area contributed by atoms with Crippen LogP contribution in [0.25, 0.3) is 0 Å². The van der Waals surface area contributed by atoms with Gasteiger partial charge in [-0.25, -0.2) is 4.79 Å². The van der Waals surface area contributed by atoms with Gasteiger partial charge in [0.25, 0.3) is 0 Å². The molecule has 1 amide bonds. The van der Waals surface area contributed by atoms with Crippen LogP contribution in [0.2, 0.25) is 0 Å². The average Bonchev–Trinajstić information content (AvgIpc) is 3.11. The number of esters is 1. The molecule has 1 rings (SSSR count). The van der Waals surface area contributed by atoms with Crippen molar-refractivity contribution in [2.75, 3.05) is 26.4 Å². The first-order valence-electron chi connectivity index (χ1n) is 5.92. The third-order valence-corrected chi connectivity index (χ3v) is 2.42. The molecule has 1 aliphatic rings. The minimum atomic E-state index is -1.25. The molecule has 6 heteroatoms. The molecule has 0 bridgehead atoms. The lowest BCUT2D eigenvalue weighted by atomic mass is 10.3. The van der Waals surface area contributed by atoms with E-state index in [4.69, 9.17) is 10.5 Å². The molecule has 6 nitrogen and oxygen atoms in total. The Labute approximate surface area is 101 Å². The Morgan fingerprint density at radius 2 is 2.18 bits per heavy atom. The summed E-state index contributed by atoms with van der Waals surface area (Å²) in [7, 11) is 0. The zero-order chi connectivity index (χ0) is 12.7. The van der Waals surface area contributed by atoms with E-state index < -0.39 is 17.9 Å². The van der Waals surface area contributed by atoms with Gasteiger partial charge in [-0.05, 0) is 25.7 Å². The first-order chi connectivity index (χ1) is 8.15. The van der Waals surface area contributed by atoms with Crippen LogP contribution in [0.5, 0.6) is 0 Å². The zero-order valence-corrected chi connectivity index (χ0v) is 10.1. The zero-order valence-electron chi connectivity index (χ0n) is 10.1. The lowest BCUT2D eigenvalue weighted by Gasteiger charge is -2.11. The van der Waals surface area contributed by atoms with Gasteiger partial charge in [-0.15, -0.1) is 0 Å². The molecule has 0 aromatic heterocycles. The number of carbonyl (C=O) groups is 2. The van der Waals surface area contributed by atoms with Gasteiger partial charge in [0.15, 0.2) is 6.04 Å². The van der Waals surface area contributed by atoms with Crippen LogP contribution in [-0.4, -0.2) is 44.3 Å². The molecule has 98 valence electrons. The number of carbonyl (C=O) groups excluding carboxylic acids is 2. The second kappa shape index (κ2) is 7.24. The molecule has 0 aromatic rings. The Morgan fingerprint density at radius 3 is 2.76 bits per heavy atom. The van der Waals surface area contributed by atoms with Gasteiger partial charge in [0, 0.05) is 13.2 Å². The quantitative estimate of drug-likeness (QED) is 0.339. The molecule has 17 heavy (non-hydrogen) atoms. The number of rotatable bonds is 8. The molecule has 0 aliphatic heterocycles. The van der Waals surface area contributed by atoms with Gasteiger partial charge in [-0.2, -0.15) is 0 Å². The van der Waals surface area contributed by atoms with Gasteiger partial charge >= 0.3 is 5.97 Å². The highest BCUT2D eigenvalue weighted by molar-refractivity contribution is 6.01. The number of hydrogen-bond acceptors (Lipinski definition) is 5. The maximum Gasteiger partial charge on any atom is 0.332 e. The van der Waals surface area contributed by atoms with Crippen molar-refractivity contribution in [2.45, 2.75) is 25.8 Å².